The highest BCUT2D eigenvalue weighted by Crippen LogP contribution is 2.31. The summed E-state index contributed by atoms with van der Waals surface area (Å²) < 4.78 is 86.4. The van der Waals surface area contributed by atoms with Crippen molar-refractivity contribution in [2.24, 2.45) is 0 Å². The minimum absolute atomic E-state index is 0.0163. The SMILES string of the molecule is O=C(Nc1cccc(C(F)(F)F)c1)c1ccc(S(=O)(=O)[C@H]2CCS(=O)(=O)C2)cc1. The molecule has 156 valence electrons. The average molecular weight is 447 g/mol. The van der Waals surface area contributed by atoms with E-state index in [0.717, 1.165) is 18.2 Å². The van der Waals surface area contributed by atoms with E-state index >= 15 is 0 Å². The Morgan fingerprint density at radius 3 is 2.28 bits per heavy atom. The number of rotatable bonds is 4. The summed E-state index contributed by atoms with van der Waals surface area (Å²) in [4.78, 5) is 12.1. The smallest absolute Gasteiger partial charge is 0.322 e. The minimum Gasteiger partial charge on any atom is -0.322 e. The number of hydrogen-bond acceptors (Lipinski definition) is 5. The van der Waals surface area contributed by atoms with Crippen LogP contribution in [0.3, 0.4) is 0 Å². The molecule has 2 aromatic carbocycles. The Bertz CT molecular complexity index is 1140. The van der Waals surface area contributed by atoms with E-state index in [1.54, 1.807) is 0 Å². The Hall–Kier alpha value is -2.40. The Kier molecular flexibility index (Phi) is 5.48. The van der Waals surface area contributed by atoms with Crippen molar-refractivity contribution in [1.82, 2.24) is 0 Å². The molecule has 6 nitrogen and oxygen atoms in total. The number of anilines is 1. The van der Waals surface area contributed by atoms with Crippen LogP contribution in [0, 0.1) is 0 Å². The summed E-state index contributed by atoms with van der Waals surface area (Å²) in [5.74, 6) is -1.33. The summed E-state index contributed by atoms with van der Waals surface area (Å²) in [5, 5.41) is 1.30. The van der Waals surface area contributed by atoms with Crippen LogP contribution in [0.2, 0.25) is 0 Å². The van der Waals surface area contributed by atoms with Gasteiger partial charge >= 0.3 is 6.18 Å². The fourth-order valence-electron chi connectivity index (χ4n) is 2.97. The third kappa shape index (κ3) is 4.78. The van der Waals surface area contributed by atoms with Crippen molar-refractivity contribution in [2.45, 2.75) is 22.7 Å². The van der Waals surface area contributed by atoms with Crippen LogP contribution in [0.5, 0.6) is 0 Å². The number of alkyl halides is 3. The summed E-state index contributed by atoms with van der Waals surface area (Å²) in [7, 11) is -7.25. The molecule has 1 N–H and O–H groups in total. The van der Waals surface area contributed by atoms with Crippen molar-refractivity contribution in [3.63, 3.8) is 0 Å². The van der Waals surface area contributed by atoms with E-state index in [4.69, 9.17) is 0 Å². The zero-order valence-electron chi connectivity index (χ0n) is 14.8. The number of sulfone groups is 2. The van der Waals surface area contributed by atoms with Crippen molar-refractivity contribution < 1.29 is 34.8 Å². The lowest BCUT2D eigenvalue weighted by Gasteiger charge is -2.12. The molecule has 3 rings (SSSR count). The van der Waals surface area contributed by atoms with E-state index in [0.29, 0.717) is 0 Å². The van der Waals surface area contributed by atoms with Crippen molar-refractivity contribution in [1.29, 1.82) is 0 Å². The monoisotopic (exact) mass is 447 g/mol. The predicted molar refractivity (Wildman–Crippen MR) is 100 cm³/mol. The normalized spacial score (nSPS) is 19.1. The highest BCUT2D eigenvalue weighted by Gasteiger charge is 2.38. The zero-order chi connectivity index (χ0) is 21.4. The highest BCUT2D eigenvalue weighted by molar-refractivity contribution is 7.96. The third-order valence-corrected chi connectivity index (χ3v) is 8.71. The molecule has 0 aromatic heterocycles. The molecule has 1 saturated heterocycles. The van der Waals surface area contributed by atoms with Crippen LogP contribution in [-0.4, -0.2) is 39.5 Å². The van der Waals surface area contributed by atoms with Gasteiger partial charge in [0.05, 0.1) is 27.2 Å². The Balaban J connectivity index is 1.76. The number of nitrogens with one attached hydrogen (secondary N) is 1. The maximum absolute atomic E-state index is 12.8. The second-order valence-electron chi connectivity index (χ2n) is 6.63. The maximum atomic E-state index is 12.8. The molecule has 2 aromatic rings. The molecule has 0 saturated carbocycles. The van der Waals surface area contributed by atoms with Crippen molar-refractivity contribution in [2.75, 3.05) is 16.8 Å². The lowest BCUT2D eigenvalue weighted by Crippen LogP contribution is -2.23. The Morgan fingerprint density at radius 2 is 1.72 bits per heavy atom. The first-order valence-electron chi connectivity index (χ1n) is 8.41. The number of carbonyl (C=O) groups excluding carboxylic acids is 1. The van der Waals surface area contributed by atoms with Crippen LogP contribution in [0.4, 0.5) is 18.9 Å². The maximum Gasteiger partial charge on any atom is 0.416 e. The lowest BCUT2D eigenvalue weighted by atomic mass is 10.1. The molecule has 1 amide bonds. The summed E-state index contributed by atoms with van der Waals surface area (Å²) >= 11 is 0. The summed E-state index contributed by atoms with van der Waals surface area (Å²) in [5.41, 5.74) is -0.929. The second-order valence-corrected chi connectivity index (χ2v) is 11.1. The molecule has 11 heteroatoms. The van der Waals surface area contributed by atoms with Gasteiger partial charge in [-0.15, -0.1) is 0 Å². The first-order valence-corrected chi connectivity index (χ1v) is 11.8. The zero-order valence-corrected chi connectivity index (χ0v) is 16.4. The summed E-state index contributed by atoms with van der Waals surface area (Å²) in [6.45, 7) is 0. The van der Waals surface area contributed by atoms with Gasteiger partial charge in [0.25, 0.3) is 5.91 Å². The first kappa shape index (κ1) is 21.3. The van der Waals surface area contributed by atoms with E-state index in [9.17, 15) is 34.8 Å². The molecule has 0 radical (unpaired) electrons. The molecule has 1 heterocycles. The van der Waals surface area contributed by atoms with Gasteiger partial charge in [0.1, 0.15) is 0 Å². The van der Waals surface area contributed by atoms with Gasteiger partial charge in [-0.2, -0.15) is 13.2 Å². The van der Waals surface area contributed by atoms with Gasteiger partial charge in [-0.3, -0.25) is 4.79 Å². The molecule has 1 aliphatic heterocycles. The fourth-order valence-corrected chi connectivity index (χ4v) is 7.33. The van der Waals surface area contributed by atoms with E-state index in [1.165, 1.54) is 30.3 Å². The van der Waals surface area contributed by atoms with Gasteiger partial charge in [0.2, 0.25) is 0 Å². The van der Waals surface area contributed by atoms with Crippen molar-refractivity contribution in [3.05, 3.63) is 59.7 Å². The molecule has 0 bridgehead atoms. The fraction of sp³-hybridized carbons (Fsp3) is 0.278. The molecule has 1 atom stereocenters. The van der Waals surface area contributed by atoms with Gasteiger partial charge in [-0.1, -0.05) is 6.07 Å². The van der Waals surface area contributed by atoms with Crippen LogP contribution in [-0.2, 0) is 25.9 Å². The first-order chi connectivity index (χ1) is 13.4. The Labute approximate surface area is 165 Å². The van der Waals surface area contributed by atoms with Crippen molar-refractivity contribution in [3.8, 4) is 0 Å². The average Bonchev–Trinajstić information content (AvgIpc) is 3.02. The standard InChI is InChI=1S/C18H16F3NO5S2/c19-18(20,21)13-2-1-3-14(10-13)22-17(23)12-4-6-15(7-5-12)29(26,27)16-8-9-28(24,25)11-16/h1-7,10,16H,8-9,11H2,(H,22,23)/t16-/m0/s1. The largest absolute Gasteiger partial charge is 0.416 e. The minimum atomic E-state index is -4.55. The summed E-state index contributed by atoms with van der Waals surface area (Å²) in [6.07, 6.45) is -4.53. The second kappa shape index (κ2) is 7.45. The van der Waals surface area contributed by atoms with Crippen LogP contribution in [0.15, 0.2) is 53.4 Å². The lowest BCUT2D eigenvalue weighted by molar-refractivity contribution is -0.137. The number of amides is 1. The van der Waals surface area contributed by atoms with Gasteiger partial charge in [-0.25, -0.2) is 16.8 Å². The molecule has 1 fully saturated rings. The Morgan fingerprint density at radius 1 is 1.07 bits per heavy atom. The van der Waals surface area contributed by atoms with Crippen LogP contribution in [0.25, 0.3) is 0 Å². The van der Waals surface area contributed by atoms with Gasteiger partial charge in [0.15, 0.2) is 19.7 Å². The van der Waals surface area contributed by atoms with E-state index < -0.39 is 48.3 Å². The van der Waals surface area contributed by atoms with Crippen LogP contribution in [0.1, 0.15) is 22.3 Å². The number of hydrogen-bond donors (Lipinski definition) is 1. The molecule has 0 unspecified atom stereocenters. The summed E-state index contributed by atoms with van der Waals surface area (Å²) in [6, 6.07) is 8.92. The number of carbonyl (C=O) groups is 1. The topological polar surface area (TPSA) is 97.4 Å². The van der Waals surface area contributed by atoms with Gasteiger partial charge < -0.3 is 5.32 Å². The van der Waals surface area contributed by atoms with Gasteiger partial charge in [-0.05, 0) is 48.9 Å². The molecular weight excluding hydrogens is 431 g/mol. The predicted octanol–water partition coefficient (Wildman–Crippen LogP) is 2.92. The van der Waals surface area contributed by atoms with E-state index in [1.807, 2.05) is 0 Å². The molecule has 0 aliphatic carbocycles. The molecule has 1 aliphatic rings. The van der Waals surface area contributed by atoms with Crippen LogP contribution < -0.4 is 5.32 Å². The molecule has 29 heavy (non-hydrogen) atoms. The van der Waals surface area contributed by atoms with E-state index in [-0.39, 0.29) is 28.3 Å². The van der Waals surface area contributed by atoms with E-state index in [2.05, 4.69) is 5.32 Å². The quantitative estimate of drug-likeness (QED) is 0.777. The number of halogens is 3. The molecule has 0 spiro atoms. The van der Waals surface area contributed by atoms with Crippen molar-refractivity contribution >= 4 is 31.3 Å². The highest BCUT2D eigenvalue weighted by atomic mass is 32.2. The van der Waals surface area contributed by atoms with Crippen LogP contribution >= 0.6 is 0 Å². The number of benzene rings is 2. The molecular formula is C18H16F3NO5S2. The third-order valence-electron chi connectivity index (χ3n) is 4.52. The van der Waals surface area contributed by atoms with Gasteiger partial charge in [0, 0.05) is 11.3 Å².